The second kappa shape index (κ2) is 2.44. The molecule has 1 amide bonds. The lowest BCUT2D eigenvalue weighted by molar-refractivity contribution is -0.123. The minimum atomic E-state index is 0.125. The Morgan fingerprint density at radius 3 is 3.17 bits per heavy atom. The standard InChI is InChI=1S/C9H12N2O/c1-6-3-7-8(10-4-6)5-11(2)9(7)12/h3,6H,4-5H2,1-2H3. The van der Waals surface area contributed by atoms with E-state index in [-0.39, 0.29) is 5.91 Å². The van der Waals surface area contributed by atoms with Crippen LogP contribution in [0.25, 0.3) is 0 Å². The van der Waals surface area contributed by atoms with E-state index in [4.69, 9.17) is 0 Å². The van der Waals surface area contributed by atoms with Gasteiger partial charge in [0.05, 0.1) is 17.8 Å². The van der Waals surface area contributed by atoms with Crippen LogP contribution in [0.15, 0.2) is 16.6 Å². The van der Waals surface area contributed by atoms with Crippen LogP contribution in [0.1, 0.15) is 6.92 Å². The largest absolute Gasteiger partial charge is 0.336 e. The lowest BCUT2D eigenvalue weighted by Crippen LogP contribution is -2.19. The first-order chi connectivity index (χ1) is 5.68. The minimum Gasteiger partial charge on any atom is -0.336 e. The van der Waals surface area contributed by atoms with Gasteiger partial charge in [-0.3, -0.25) is 9.79 Å². The molecule has 0 radical (unpaired) electrons. The monoisotopic (exact) mass is 164 g/mol. The molecule has 0 N–H and O–H groups in total. The van der Waals surface area contributed by atoms with E-state index in [2.05, 4.69) is 11.9 Å². The topological polar surface area (TPSA) is 32.7 Å². The number of likely N-dealkylation sites (N-methyl/N-ethyl adjacent to an activating group) is 1. The van der Waals surface area contributed by atoms with Gasteiger partial charge in [0.1, 0.15) is 0 Å². The summed E-state index contributed by atoms with van der Waals surface area (Å²) >= 11 is 0. The number of rotatable bonds is 0. The molecule has 12 heavy (non-hydrogen) atoms. The lowest BCUT2D eigenvalue weighted by atomic mass is 10.0. The van der Waals surface area contributed by atoms with Gasteiger partial charge in [0, 0.05) is 13.6 Å². The summed E-state index contributed by atoms with van der Waals surface area (Å²) in [6.45, 7) is 3.61. The maximum atomic E-state index is 11.5. The van der Waals surface area contributed by atoms with Crippen molar-refractivity contribution in [3.05, 3.63) is 11.6 Å². The molecule has 0 bridgehead atoms. The van der Waals surface area contributed by atoms with Gasteiger partial charge in [-0.1, -0.05) is 13.0 Å². The molecule has 0 aromatic heterocycles. The van der Waals surface area contributed by atoms with Crippen LogP contribution < -0.4 is 0 Å². The predicted octanol–water partition coefficient (Wildman–Crippen LogP) is 0.476. The van der Waals surface area contributed by atoms with Crippen molar-refractivity contribution in [2.75, 3.05) is 20.1 Å². The first kappa shape index (κ1) is 7.53. The normalized spacial score (nSPS) is 28.3. The van der Waals surface area contributed by atoms with E-state index >= 15 is 0 Å². The average Bonchev–Trinajstić information content (AvgIpc) is 2.31. The molecule has 0 aliphatic carbocycles. The summed E-state index contributed by atoms with van der Waals surface area (Å²) in [5, 5.41) is 0. The fraction of sp³-hybridized carbons (Fsp3) is 0.556. The zero-order valence-corrected chi connectivity index (χ0v) is 7.37. The molecule has 2 aliphatic rings. The highest BCUT2D eigenvalue weighted by Crippen LogP contribution is 2.20. The van der Waals surface area contributed by atoms with E-state index in [1.54, 1.807) is 4.90 Å². The van der Waals surface area contributed by atoms with Crippen molar-refractivity contribution >= 4 is 11.6 Å². The number of carbonyl (C=O) groups is 1. The number of hydrogen-bond acceptors (Lipinski definition) is 2. The quantitative estimate of drug-likeness (QED) is 0.512. The summed E-state index contributed by atoms with van der Waals surface area (Å²) in [6, 6.07) is 0. The van der Waals surface area contributed by atoms with E-state index in [1.807, 2.05) is 13.1 Å². The molecular formula is C9H12N2O. The summed E-state index contributed by atoms with van der Waals surface area (Å²) in [5.74, 6) is 0.541. The van der Waals surface area contributed by atoms with Gasteiger partial charge in [0.15, 0.2) is 0 Å². The Hall–Kier alpha value is -1.12. The zero-order chi connectivity index (χ0) is 8.72. The summed E-state index contributed by atoms with van der Waals surface area (Å²) in [7, 11) is 1.81. The second-order valence-electron chi connectivity index (χ2n) is 3.51. The van der Waals surface area contributed by atoms with Crippen molar-refractivity contribution in [3.8, 4) is 0 Å². The summed E-state index contributed by atoms with van der Waals surface area (Å²) in [5.41, 5.74) is 1.80. The molecule has 0 aromatic carbocycles. The van der Waals surface area contributed by atoms with Gasteiger partial charge in [-0.25, -0.2) is 0 Å². The van der Waals surface area contributed by atoms with Crippen LogP contribution in [-0.2, 0) is 4.79 Å². The molecule has 1 atom stereocenters. The van der Waals surface area contributed by atoms with Crippen molar-refractivity contribution in [2.45, 2.75) is 6.92 Å². The van der Waals surface area contributed by atoms with Crippen LogP contribution in [0.5, 0.6) is 0 Å². The molecule has 2 aliphatic heterocycles. The van der Waals surface area contributed by atoms with E-state index in [0.29, 0.717) is 12.5 Å². The molecular weight excluding hydrogens is 152 g/mol. The Kier molecular flexibility index (Phi) is 1.53. The van der Waals surface area contributed by atoms with E-state index < -0.39 is 0 Å². The van der Waals surface area contributed by atoms with Gasteiger partial charge < -0.3 is 4.90 Å². The van der Waals surface area contributed by atoms with Crippen LogP contribution in [0.3, 0.4) is 0 Å². The van der Waals surface area contributed by atoms with Gasteiger partial charge in [0.25, 0.3) is 5.91 Å². The fourth-order valence-corrected chi connectivity index (χ4v) is 1.60. The number of fused-ring (bicyclic) bond motifs is 1. The molecule has 3 nitrogen and oxygen atoms in total. The molecule has 64 valence electrons. The Morgan fingerprint density at radius 1 is 1.67 bits per heavy atom. The van der Waals surface area contributed by atoms with Gasteiger partial charge in [-0.15, -0.1) is 0 Å². The number of likely N-dealkylation sites (tertiary alicyclic amines) is 1. The number of aliphatic imine (C=N–C) groups is 1. The Morgan fingerprint density at radius 2 is 2.42 bits per heavy atom. The lowest BCUT2D eigenvalue weighted by Gasteiger charge is -2.09. The summed E-state index contributed by atoms with van der Waals surface area (Å²) in [6.07, 6.45) is 2.04. The average molecular weight is 164 g/mol. The van der Waals surface area contributed by atoms with Crippen molar-refractivity contribution in [1.29, 1.82) is 0 Å². The number of hydrogen-bond donors (Lipinski definition) is 0. The second-order valence-corrected chi connectivity index (χ2v) is 3.51. The van der Waals surface area contributed by atoms with Crippen molar-refractivity contribution in [3.63, 3.8) is 0 Å². The van der Waals surface area contributed by atoms with Crippen molar-refractivity contribution < 1.29 is 4.79 Å². The van der Waals surface area contributed by atoms with Crippen LogP contribution in [0, 0.1) is 5.92 Å². The number of amides is 1. The van der Waals surface area contributed by atoms with Crippen LogP contribution in [0.4, 0.5) is 0 Å². The SMILES string of the molecule is CC1C=C2C(=O)N(C)CC2=NC1. The van der Waals surface area contributed by atoms with Crippen LogP contribution >= 0.6 is 0 Å². The van der Waals surface area contributed by atoms with Gasteiger partial charge in [-0.2, -0.15) is 0 Å². The van der Waals surface area contributed by atoms with Gasteiger partial charge in [-0.05, 0) is 5.92 Å². The highest BCUT2D eigenvalue weighted by atomic mass is 16.2. The Balaban J connectivity index is 2.37. The zero-order valence-electron chi connectivity index (χ0n) is 7.37. The maximum Gasteiger partial charge on any atom is 0.255 e. The number of carbonyl (C=O) groups excluding carboxylic acids is 1. The maximum absolute atomic E-state index is 11.5. The first-order valence-corrected chi connectivity index (χ1v) is 4.19. The van der Waals surface area contributed by atoms with Gasteiger partial charge >= 0.3 is 0 Å². The highest BCUT2D eigenvalue weighted by molar-refractivity contribution is 6.27. The fourth-order valence-electron chi connectivity index (χ4n) is 1.60. The molecule has 1 unspecified atom stereocenters. The molecule has 2 rings (SSSR count). The Labute approximate surface area is 71.8 Å². The molecule has 0 spiro atoms. The summed E-state index contributed by atoms with van der Waals surface area (Å²) in [4.78, 5) is 17.5. The van der Waals surface area contributed by atoms with E-state index in [0.717, 1.165) is 17.8 Å². The smallest absolute Gasteiger partial charge is 0.255 e. The molecule has 2 heterocycles. The third-order valence-electron chi connectivity index (χ3n) is 2.30. The van der Waals surface area contributed by atoms with Gasteiger partial charge in [0.2, 0.25) is 0 Å². The Bertz CT molecular complexity index is 291. The number of nitrogens with zero attached hydrogens (tertiary/aromatic N) is 2. The molecule has 0 aromatic rings. The van der Waals surface area contributed by atoms with E-state index in [1.165, 1.54) is 0 Å². The van der Waals surface area contributed by atoms with Crippen LogP contribution in [0.2, 0.25) is 0 Å². The molecule has 1 fully saturated rings. The minimum absolute atomic E-state index is 0.125. The number of dihydropyridines is 1. The van der Waals surface area contributed by atoms with E-state index in [9.17, 15) is 4.79 Å². The predicted molar refractivity (Wildman–Crippen MR) is 47.2 cm³/mol. The first-order valence-electron chi connectivity index (χ1n) is 4.19. The summed E-state index contributed by atoms with van der Waals surface area (Å²) < 4.78 is 0. The third kappa shape index (κ3) is 0.967. The molecule has 3 heteroatoms. The third-order valence-corrected chi connectivity index (χ3v) is 2.30. The van der Waals surface area contributed by atoms with Crippen LogP contribution in [-0.4, -0.2) is 36.7 Å². The van der Waals surface area contributed by atoms with Crippen molar-refractivity contribution in [1.82, 2.24) is 4.90 Å². The van der Waals surface area contributed by atoms with Crippen molar-refractivity contribution in [2.24, 2.45) is 10.9 Å². The highest BCUT2D eigenvalue weighted by Gasteiger charge is 2.30. The molecule has 0 saturated carbocycles. The molecule has 1 saturated heterocycles.